The van der Waals surface area contributed by atoms with Gasteiger partial charge in [-0.3, -0.25) is 4.79 Å². The Bertz CT molecular complexity index is 1220. The van der Waals surface area contributed by atoms with Gasteiger partial charge in [-0.25, -0.2) is 4.79 Å². The minimum atomic E-state index is -0.579. The number of ether oxygens (including phenoxy) is 1. The Morgan fingerprint density at radius 1 is 1.11 bits per heavy atom. The molecule has 0 spiro atoms. The number of amides is 2. The van der Waals surface area contributed by atoms with Gasteiger partial charge in [-0.2, -0.15) is 0 Å². The molecule has 0 radical (unpaired) electrons. The van der Waals surface area contributed by atoms with Gasteiger partial charge in [0, 0.05) is 29.4 Å². The van der Waals surface area contributed by atoms with Crippen LogP contribution in [0.15, 0.2) is 52.9 Å². The highest BCUT2D eigenvalue weighted by Gasteiger charge is 2.32. The van der Waals surface area contributed by atoms with Crippen LogP contribution in [0.3, 0.4) is 0 Å². The molecule has 2 N–H and O–H groups in total. The first-order valence-electron chi connectivity index (χ1n) is 12.2. The molecule has 0 fully saturated rings. The van der Waals surface area contributed by atoms with Crippen molar-refractivity contribution in [1.82, 2.24) is 15.5 Å². The van der Waals surface area contributed by atoms with Crippen LogP contribution in [0.5, 0.6) is 0 Å². The van der Waals surface area contributed by atoms with Gasteiger partial charge >= 0.3 is 6.09 Å². The van der Waals surface area contributed by atoms with Crippen molar-refractivity contribution in [1.29, 1.82) is 0 Å². The maximum absolute atomic E-state index is 12.6. The minimum Gasteiger partial charge on any atom is -0.444 e. The molecule has 0 saturated carbocycles. The van der Waals surface area contributed by atoms with Gasteiger partial charge in [0.25, 0.3) is 0 Å². The summed E-state index contributed by atoms with van der Waals surface area (Å²) in [5.41, 5.74) is 3.22. The second-order valence-electron chi connectivity index (χ2n) is 9.89. The van der Waals surface area contributed by atoms with E-state index < -0.39 is 11.7 Å². The summed E-state index contributed by atoms with van der Waals surface area (Å²) in [4.78, 5) is 26.3. The number of carbonyl (C=O) groups excluding carboxylic acids is 2. The van der Waals surface area contributed by atoms with Crippen LogP contribution in [0.1, 0.15) is 65.0 Å². The zero-order valence-electron chi connectivity index (χ0n) is 21.4. The largest absolute Gasteiger partial charge is 0.444 e. The third-order valence-electron chi connectivity index (χ3n) is 5.88. The van der Waals surface area contributed by atoms with Crippen LogP contribution in [0.4, 0.5) is 16.2 Å². The summed E-state index contributed by atoms with van der Waals surface area (Å²) < 4.78 is 10.9. The minimum absolute atomic E-state index is 0.0805. The Morgan fingerprint density at radius 2 is 1.83 bits per heavy atom. The highest BCUT2D eigenvalue weighted by Crippen LogP contribution is 2.39. The summed E-state index contributed by atoms with van der Waals surface area (Å²) in [6, 6.07) is 16.0. The van der Waals surface area contributed by atoms with E-state index in [2.05, 4.69) is 33.8 Å². The quantitative estimate of drug-likeness (QED) is 0.472. The van der Waals surface area contributed by atoms with E-state index >= 15 is 0 Å². The van der Waals surface area contributed by atoms with Gasteiger partial charge in [-0.15, -0.1) is 10.2 Å². The number of rotatable bonds is 6. The zero-order valence-corrected chi connectivity index (χ0v) is 21.4. The molecule has 2 aromatic carbocycles. The summed E-state index contributed by atoms with van der Waals surface area (Å²) in [6.07, 6.45) is 0.743. The molecular formula is C27H33N5O4. The van der Waals surface area contributed by atoms with Crippen molar-refractivity contribution in [2.45, 2.75) is 71.7 Å². The van der Waals surface area contributed by atoms with Crippen molar-refractivity contribution in [3.8, 4) is 11.5 Å². The molecule has 1 aromatic heterocycles. The van der Waals surface area contributed by atoms with E-state index in [1.807, 2.05) is 54.3 Å². The fourth-order valence-corrected chi connectivity index (χ4v) is 4.31. The third-order valence-corrected chi connectivity index (χ3v) is 5.88. The van der Waals surface area contributed by atoms with Crippen molar-refractivity contribution < 1.29 is 18.7 Å². The Balaban J connectivity index is 1.42. The fourth-order valence-electron chi connectivity index (χ4n) is 4.31. The topological polar surface area (TPSA) is 110 Å². The summed E-state index contributed by atoms with van der Waals surface area (Å²) >= 11 is 0. The van der Waals surface area contributed by atoms with Crippen molar-refractivity contribution in [3.63, 3.8) is 0 Å². The standard InChI is InChI=1S/C27H33N5O4/c1-6-24(33)32-17(2)15-21(20-9-7-8-10-22(20)32)29-19-13-11-18(12-14-19)25-31-30-23(35-25)16-28-26(34)36-27(3,4)5/h7-14,17,21,29H,6,15-16H2,1-5H3,(H,28,34)/t17-,21+/m0/s1. The van der Waals surface area contributed by atoms with Crippen LogP contribution >= 0.6 is 0 Å². The lowest BCUT2D eigenvalue weighted by atomic mass is 9.91. The molecule has 2 atom stereocenters. The molecule has 2 amide bonds. The number of hydrogen-bond donors (Lipinski definition) is 2. The first-order valence-corrected chi connectivity index (χ1v) is 12.2. The molecule has 0 unspecified atom stereocenters. The van der Waals surface area contributed by atoms with Crippen LogP contribution in [0, 0.1) is 0 Å². The van der Waals surface area contributed by atoms with Crippen molar-refractivity contribution >= 4 is 23.4 Å². The van der Waals surface area contributed by atoms with E-state index in [1.54, 1.807) is 20.8 Å². The van der Waals surface area contributed by atoms with Gasteiger partial charge in [-0.05, 0) is 70.0 Å². The Labute approximate surface area is 211 Å². The average molecular weight is 492 g/mol. The maximum atomic E-state index is 12.6. The van der Waals surface area contributed by atoms with Gasteiger partial charge < -0.3 is 24.7 Å². The van der Waals surface area contributed by atoms with Crippen LogP contribution in [0.25, 0.3) is 11.5 Å². The molecule has 190 valence electrons. The van der Waals surface area contributed by atoms with Crippen molar-refractivity contribution in [2.24, 2.45) is 0 Å². The fraction of sp³-hybridized carbons (Fsp3) is 0.407. The third kappa shape index (κ3) is 5.84. The number of fused-ring (bicyclic) bond motifs is 1. The number of nitrogens with zero attached hydrogens (tertiary/aromatic N) is 3. The van der Waals surface area contributed by atoms with Gasteiger partial charge in [0.15, 0.2) is 0 Å². The number of benzene rings is 2. The van der Waals surface area contributed by atoms with Crippen LogP contribution in [-0.2, 0) is 16.1 Å². The molecule has 9 nitrogen and oxygen atoms in total. The molecular weight excluding hydrogens is 458 g/mol. The number of alkyl carbamates (subject to hydrolysis) is 1. The molecule has 4 rings (SSSR count). The van der Waals surface area contributed by atoms with E-state index in [0.717, 1.165) is 28.9 Å². The van der Waals surface area contributed by atoms with Gasteiger partial charge in [0.05, 0.1) is 12.6 Å². The molecule has 0 bridgehead atoms. The molecule has 1 aliphatic heterocycles. The van der Waals surface area contributed by atoms with Crippen LogP contribution in [-0.4, -0.2) is 33.8 Å². The first kappa shape index (κ1) is 25.2. The summed E-state index contributed by atoms with van der Waals surface area (Å²) in [7, 11) is 0. The second-order valence-corrected chi connectivity index (χ2v) is 9.89. The number of aromatic nitrogens is 2. The van der Waals surface area contributed by atoms with Crippen LogP contribution < -0.4 is 15.5 Å². The summed E-state index contributed by atoms with van der Waals surface area (Å²) in [6.45, 7) is 9.46. The number of hydrogen-bond acceptors (Lipinski definition) is 7. The molecule has 9 heteroatoms. The van der Waals surface area contributed by atoms with E-state index in [9.17, 15) is 9.59 Å². The molecule has 1 aliphatic rings. The summed E-state index contributed by atoms with van der Waals surface area (Å²) in [5.74, 6) is 0.794. The normalized spacial score (nSPS) is 17.3. The number of anilines is 2. The average Bonchev–Trinajstić information content (AvgIpc) is 3.31. The Kier molecular flexibility index (Phi) is 7.28. The number of para-hydroxylation sites is 1. The van der Waals surface area contributed by atoms with E-state index in [4.69, 9.17) is 9.15 Å². The SMILES string of the molecule is CCC(=O)N1c2ccccc2[C@H](Nc2ccc(-c3nnc(CNC(=O)OC(C)(C)C)o3)cc2)C[C@@H]1C. The van der Waals surface area contributed by atoms with Gasteiger partial charge in [0.1, 0.15) is 5.60 Å². The van der Waals surface area contributed by atoms with E-state index in [0.29, 0.717) is 12.3 Å². The Hall–Kier alpha value is -3.88. The highest BCUT2D eigenvalue weighted by atomic mass is 16.6. The zero-order chi connectivity index (χ0) is 25.9. The van der Waals surface area contributed by atoms with E-state index in [1.165, 1.54) is 0 Å². The summed E-state index contributed by atoms with van der Waals surface area (Å²) in [5, 5.41) is 14.3. The number of nitrogens with one attached hydrogen (secondary N) is 2. The van der Waals surface area contributed by atoms with Gasteiger partial charge in [0.2, 0.25) is 17.7 Å². The van der Waals surface area contributed by atoms with E-state index in [-0.39, 0.29) is 30.4 Å². The molecule has 2 heterocycles. The van der Waals surface area contributed by atoms with Crippen LogP contribution in [0.2, 0.25) is 0 Å². The smallest absolute Gasteiger partial charge is 0.408 e. The van der Waals surface area contributed by atoms with Crippen molar-refractivity contribution in [2.75, 3.05) is 10.2 Å². The lowest BCUT2D eigenvalue weighted by Crippen LogP contribution is -2.44. The monoisotopic (exact) mass is 491 g/mol. The molecule has 36 heavy (non-hydrogen) atoms. The molecule has 3 aromatic rings. The highest BCUT2D eigenvalue weighted by molar-refractivity contribution is 5.95. The predicted molar refractivity (Wildman–Crippen MR) is 137 cm³/mol. The molecule has 0 aliphatic carbocycles. The Morgan fingerprint density at radius 3 is 2.53 bits per heavy atom. The number of carbonyl (C=O) groups is 2. The predicted octanol–water partition coefficient (Wildman–Crippen LogP) is 5.45. The lowest BCUT2D eigenvalue weighted by Gasteiger charge is -2.40. The first-order chi connectivity index (χ1) is 17.1. The second kappa shape index (κ2) is 10.4. The lowest BCUT2D eigenvalue weighted by molar-refractivity contribution is -0.118. The van der Waals surface area contributed by atoms with Gasteiger partial charge in [-0.1, -0.05) is 25.1 Å². The maximum Gasteiger partial charge on any atom is 0.408 e. The molecule has 0 saturated heterocycles. The van der Waals surface area contributed by atoms with Crippen molar-refractivity contribution in [3.05, 3.63) is 60.0 Å².